The molecule has 2 nitrogen and oxygen atoms in total. The number of thiophene rings is 1. The molecule has 39 heavy (non-hydrogen) atoms. The van der Waals surface area contributed by atoms with Crippen LogP contribution in [0.25, 0.3) is 10.1 Å². The van der Waals surface area contributed by atoms with Crippen molar-refractivity contribution in [2.45, 2.75) is 110 Å². The standard InChI is InChI=1S/C36H52O2S/c1-3-5-7-8-27-11-16-30(17-12-27)31-18-13-28(14-19-31)9-10-29-15-22-34(38-26-29)36-24-32-20-21-33(25-35(32)39-36)37-23-6-4-2/h3,5,9-10,20-21,24-25,27-31,34H,4,6-8,11-19,22-23,26H2,1-2H3/b5-3+,10-9+. The fourth-order valence-corrected chi connectivity index (χ4v) is 8.51. The van der Waals surface area contributed by atoms with Crippen LogP contribution in [0.5, 0.6) is 5.75 Å². The van der Waals surface area contributed by atoms with E-state index in [9.17, 15) is 0 Å². The summed E-state index contributed by atoms with van der Waals surface area (Å²) < 4.78 is 13.7. The lowest BCUT2D eigenvalue weighted by Gasteiger charge is -2.37. The number of rotatable bonds is 11. The number of fused-ring (bicyclic) bond motifs is 1. The highest BCUT2D eigenvalue weighted by atomic mass is 32.1. The minimum absolute atomic E-state index is 0.255. The Labute approximate surface area is 242 Å². The first-order valence-electron chi connectivity index (χ1n) is 16.3. The van der Waals surface area contributed by atoms with E-state index in [2.05, 4.69) is 62.4 Å². The second-order valence-corrected chi connectivity index (χ2v) is 13.8. The molecular weight excluding hydrogens is 496 g/mol. The van der Waals surface area contributed by atoms with Crippen molar-refractivity contribution >= 4 is 21.4 Å². The van der Waals surface area contributed by atoms with Crippen molar-refractivity contribution in [1.29, 1.82) is 0 Å². The van der Waals surface area contributed by atoms with Crippen LogP contribution in [-0.4, -0.2) is 13.2 Å². The maximum absolute atomic E-state index is 6.42. The minimum Gasteiger partial charge on any atom is -0.494 e. The van der Waals surface area contributed by atoms with Gasteiger partial charge in [-0.25, -0.2) is 0 Å². The van der Waals surface area contributed by atoms with Crippen LogP contribution in [0.1, 0.15) is 115 Å². The zero-order valence-electron chi connectivity index (χ0n) is 24.6. The zero-order valence-corrected chi connectivity index (χ0v) is 25.4. The first kappa shape index (κ1) is 28.9. The molecule has 2 unspecified atom stereocenters. The minimum atomic E-state index is 0.255. The molecule has 0 bridgehead atoms. The lowest BCUT2D eigenvalue weighted by atomic mass is 9.68. The molecule has 2 atom stereocenters. The molecule has 214 valence electrons. The molecule has 1 aliphatic heterocycles. The number of ether oxygens (including phenoxy) is 2. The Morgan fingerprint density at radius 2 is 1.64 bits per heavy atom. The third kappa shape index (κ3) is 8.23. The first-order chi connectivity index (χ1) is 19.2. The van der Waals surface area contributed by atoms with Gasteiger partial charge in [0.1, 0.15) is 5.75 Å². The molecule has 0 amide bonds. The number of allylic oxidation sites excluding steroid dienone is 3. The van der Waals surface area contributed by atoms with Gasteiger partial charge in [0.05, 0.1) is 19.3 Å². The van der Waals surface area contributed by atoms with Gasteiger partial charge in [0.2, 0.25) is 0 Å². The van der Waals surface area contributed by atoms with Gasteiger partial charge in [-0.05, 0) is 131 Å². The first-order valence-corrected chi connectivity index (χ1v) is 17.1. The van der Waals surface area contributed by atoms with E-state index in [-0.39, 0.29) is 6.10 Å². The largest absolute Gasteiger partial charge is 0.494 e. The Balaban J connectivity index is 1.02. The third-order valence-corrected chi connectivity index (χ3v) is 11.1. The lowest BCUT2D eigenvalue weighted by Crippen LogP contribution is -2.25. The number of hydrogen-bond acceptors (Lipinski definition) is 3. The van der Waals surface area contributed by atoms with Crippen molar-refractivity contribution in [3.8, 4) is 5.75 Å². The maximum Gasteiger partial charge on any atom is 0.120 e. The molecule has 3 heteroatoms. The van der Waals surface area contributed by atoms with Gasteiger partial charge in [-0.15, -0.1) is 11.3 Å². The summed E-state index contributed by atoms with van der Waals surface area (Å²) in [6, 6.07) is 8.87. The molecular formula is C36H52O2S. The van der Waals surface area contributed by atoms with Gasteiger partial charge in [0.25, 0.3) is 0 Å². The summed E-state index contributed by atoms with van der Waals surface area (Å²) in [6.07, 6.45) is 29.0. The van der Waals surface area contributed by atoms with E-state index < -0.39 is 0 Å². The maximum atomic E-state index is 6.42. The molecule has 0 spiro atoms. The van der Waals surface area contributed by atoms with Gasteiger partial charge in [-0.2, -0.15) is 0 Å². The molecule has 2 aromatic rings. The molecule has 0 N–H and O–H groups in total. The highest BCUT2D eigenvalue weighted by Crippen LogP contribution is 2.43. The molecule has 1 aromatic carbocycles. The van der Waals surface area contributed by atoms with Crippen molar-refractivity contribution < 1.29 is 9.47 Å². The number of hydrogen-bond donors (Lipinski definition) is 0. The summed E-state index contributed by atoms with van der Waals surface area (Å²) in [5, 5.41) is 1.32. The molecule has 2 saturated carbocycles. The SMILES string of the molecule is C/C=C/CCC1CCC(C2CCC(/C=C/C3CCC(c4cc5ccc(OCCCC)cc5s4)OC3)CC2)CC1. The van der Waals surface area contributed by atoms with Crippen LogP contribution in [0.4, 0.5) is 0 Å². The Kier molecular flexibility index (Phi) is 11.0. The van der Waals surface area contributed by atoms with Gasteiger partial charge < -0.3 is 9.47 Å². The van der Waals surface area contributed by atoms with Gasteiger partial charge >= 0.3 is 0 Å². The van der Waals surface area contributed by atoms with Gasteiger partial charge in [-0.3, -0.25) is 0 Å². The molecule has 3 aliphatic rings. The zero-order chi connectivity index (χ0) is 26.9. The quantitative estimate of drug-likeness (QED) is 0.205. The monoisotopic (exact) mass is 548 g/mol. The van der Waals surface area contributed by atoms with Crippen molar-refractivity contribution in [2.75, 3.05) is 13.2 Å². The van der Waals surface area contributed by atoms with E-state index in [1.54, 1.807) is 0 Å². The van der Waals surface area contributed by atoms with Crippen LogP contribution in [0.15, 0.2) is 48.6 Å². The van der Waals surface area contributed by atoms with Crippen molar-refractivity contribution in [3.05, 3.63) is 53.4 Å². The summed E-state index contributed by atoms with van der Waals surface area (Å²) in [5.74, 6) is 5.40. The fraction of sp³-hybridized carbons (Fsp3) is 0.667. The van der Waals surface area contributed by atoms with E-state index in [0.29, 0.717) is 5.92 Å². The van der Waals surface area contributed by atoms with Gasteiger partial charge in [0.15, 0.2) is 0 Å². The van der Waals surface area contributed by atoms with E-state index >= 15 is 0 Å². The summed E-state index contributed by atoms with van der Waals surface area (Å²) in [7, 11) is 0. The average molecular weight is 549 g/mol. The summed E-state index contributed by atoms with van der Waals surface area (Å²) >= 11 is 1.88. The average Bonchev–Trinajstić information content (AvgIpc) is 3.41. The Bertz CT molecular complexity index is 1040. The second-order valence-electron chi connectivity index (χ2n) is 12.7. The van der Waals surface area contributed by atoms with E-state index in [4.69, 9.17) is 9.47 Å². The second kappa shape index (κ2) is 14.9. The highest BCUT2D eigenvalue weighted by molar-refractivity contribution is 7.19. The summed E-state index contributed by atoms with van der Waals surface area (Å²) in [4.78, 5) is 1.38. The van der Waals surface area contributed by atoms with Crippen LogP contribution in [-0.2, 0) is 4.74 Å². The Morgan fingerprint density at radius 1 is 0.897 bits per heavy atom. The van der Waals surface area contributed by atoms with Crippen LogP contribution >= 0.6 is 11.3 Å². The summed E-state index contributed by atoms with van der Waals surface area (Å²) in [6.45, 7) is 6.02. The highest BCUT2D eigenvalue weighted by Gasteiger charge is 2.30. The molecule has 5 rings (SSSR count). The molecule has 2 heterocycles. The van der Waals surface area contributed by atoms with Crippen LogP contribution < -0.4 is 4.74 Å². The van der Waals surface area contributed by atoms with Gasteiger partial charge in [-0.1, -0.05) is 50.5 Å². The predicted molar refractivity (Wildman–Crippen MR) is 168 cm³/mol. The Morgan fingerprint density at radius 3 is 2.36 bits per heavy atom. The van der Waals surface area contributed by atoms with Crippen LogP contribution in [0, 0.1) is 29.6 Å². The summed E-state index contributed by atoms with van der Waals surface area (Å²) in [5.41, 5.74) is 0. The van der Waals surface area contributed by atoms with E-state index in [1.807, 2.05) is 11.3 Å². The lowest BCUT2D eigenvalue weighted by molar-refractivity contribution is -0.00327. The van der Waals surface area contributed by atoms with Crippen molar-refractivity contribution in [1.82, 2.24) is 0 Å². The smallest absolute Gasteiger partial charge is 0.120 e. The molecule has 1 aromatic heterocycles. The number of benzene rings is 1. The fourth-order valence-electron chi connectivity index (χ4n) is 7.33. The van der Waals surface area contributed by atoms with Gasteiger partial charge in [0, 0.05) is 15.5 Å². The predicted octanol–water partition coefficient (Wildman–Crippen LogP) is 11.1. The third-order valence-electron chi connectivity index (χ3n) is 9.91. The normalized spacial score (nSPS) is 30.4. The van der Waals surface area contributed by atoms with Crippen molar-refractivity contribution in [2.24, 2.45) is 29.6 Å². The molecule has 3 fully saturated rings. The van der Waals surface area contributed by atoms with Crippen molar-refractivity contribution in [3.63, 3.8) is 0 Å². The Hall–Kier alpha value is -1.58. The molecule has 1 saturated heterocycles. The van der Waals surface area contributed by atoms with Crippen LogP contribution in [0.2, 0.25) is 0 Å². The van der Waals surface area contributed by atoms with E-state index in [0.717, 1.165) is 55.5 Å². The van der Waals surface area contributed by atoms with E-state index in [1.165, 1.54) is 92.0 Å². The number of unbranched alkanes of at least 4 members (excludes halogenated alkanes) is 1. The van der Waals surface area contributed by atoms with Crippen LogP contribution in [0.3, 0.4) is 0 Å². The molecule has 0 radical (unpaired) electrons. The molecule has 2 aliphatic carbocycles. The topological polar surface area (TPSA) is 18.5 Å².